The lowest BCUT2D eigenvalue weighted by atomic mass is 9.75. The van der Waals surface area contributed by atoms with Crippen LogP contribution in [0.5, 0.6) is 0 Å². The fourth-order valence-corrected chi connectivity index (χ4v) is 4.39. The van der Waals surface area contributed by atoms with E-state index in [0.717, 1.165) is 53.2 Å². The molecule has 0 radical (unpaired) electrons. The zero-order valence-corrected chi connectivity index (χ0v) is 20.0. The van der Waals surface area contributed by atoms with E-state index in [1.807, 2.05) is 49.4 Å². The Morgan fingerprint density at radius 1 is 1.03 bits per heavy atom. The number of rotatable bonds is 7. The number of amides is 1. The molecule has 4 rings (SSSR count). The summed E-state index contributed by atoms with van der Waals surface area (Å²) in [5, 5.41) is 7.71. The summed E-state index contributed by atoms with van der Waals surface area (Å²) in [6.45, 7) is 8.54. The number of hydrazone groups is 1. The number of nitrogens with zero attached hydrogens (tertiary/aromatic N) is 1. The fraction of sp³-hybridized carbons (Fsp3) is 0.357. The highest BCUT2D eigenvalue weighted by atomic mass is 16.4. The van der Waals surface area contributed by atoms with Gasteiger partial charge in [-0.3, -0.25) is 10.2 Å². The van der Waals surface area contributed by atoms with Gasteiger partial charge in [-0.15, -0.1) is 0 Å². The Balaban J connectivity index is 1.57. The van der Waals surface area contributed by atoms with E-state index in [1.54, 1.807) is 0 Å². The van der Waals surface area contributed by atoms with Crippen molar-refractivity contribution in [3.8, 4) is 0 Å². The minimum atomic E-state index is -0.226. The van der Waals surface area contributed by atoms with E-state index < -0.39 is 0 Å². The third-order valence-electron chi connectivity index (χ3n) is 6.12. The highest BCUT2D eigenvalue weighted by molar-refractivity contribution is 6.09. The number of carbonyl (C=O) groups excluding carboxylic acids is 1. The summed E-state index contributed by atoms with van der Waals surface area (Å²) in [7, 11) is 0. The molecule has 1 aliphatic carbocycles. The maximum absolute atomic E-state index is 13.1. The zero-order valence-electron chi connectivity index (χ0n) is 20.0. The molecule has 0 aliphatic heterocycles. The van der Waals surface area contributed by atoms with Gasteiger partial charge in [-0.1, -0.05) is 57.5 Å². The van der Waals surface area contributed by atoms with Gasteiger partial charge < -0.3 is 9.73 Å². The molecule has 3 aromatic rings. The van der Waals surface area contributed by atoms with Gasteiger partial charge in [-0.25, -0.2) is 0 Å². The van der Waals surface area contributed by atoms with Crippen LogP contribution in [0.25, 0.3) is 0 Å². The van der Waals surface area contributed by atoms with E-state index in [2.05, 4.69) is 43.6 Å². The molecular formula is C28H33N3O2. The van der Waals surface area contributed by atoms with Crippen molar-refractivity contribution < 1.29 is 9.21 Å². The van der Waals surface area contributed by atoms with Gasteiger partial charge >= 0.3 is 0 Å². The van der Waals surface area contributed by atoms with E-state index in [0.29, 0.717) is 5.76 Å². The van der Waals surface area contributed by atoms with Crippen LogP contribution in [0, 0.1) is 12.3 Å². The summed E-state index contributed by atoms with van der Waals surface area (Å²) < 4.78 is 6.14. The minimum Gasteiger partial charge on any atom is -0.455 e. The Morgan fingerprint density at radius 2 is 1.76 bits per heavy atom. The lowest BCUT2D eigenvalue weighted by Crippen LogP contribution is -2.27. The van der Waals surface area contributed by atoms with Crippen molar-refractivity contribution in [1.29, 1.82) is 0 Å². The summed E-state index contributed by atoms with van der Waals surface area (Å²) in [6, 6.07) is 18.0. The molecule has 172 valence electrons. The van der Waals surface area contributed by atoms with Crippen LogP contribution >= 0.6 is 0 Å². The summed E-state index contributed by atoms with van der Waals surface area (Å²) in [6.07, 6.45) is 4.98. The number of para-hydroxylation sites is 1. The number of nitrogens with one attached hydrogen (secondary N) is 2. The molecule has 1 heterocycles. The number of furan rings is 1. The molecule has 1 aliphatic rings. The van der Waals surface area contributed by atoms with E-state index in [1.165, 1.54) is 18.4 Å². The predicted molar refractivity (Wildman–Crippen MR) is 135 cm³/mol. The smallest absolute Gasteiger partial charge is 0.291 e. The molecule has 2 N–H and O–H groups in total. The number of fused-ring (bicyclic) bond motifs is 1. The van der Waals surface area contributed by atoms with Gasteiger partial charge in [0.05, 0.1) is 11.4 Å². The standard InChI is InChI=1S/C28H33N3O2/c1-5-6-10-20-13-15-21(16-14-20)29-27(32)26-19(2)25-23(17-28(3,4)18-24(25)33-26)31-30-22-11-8-7-9-12-22/h7-9,11-16,30H,5-6,10,17-18H2,1-4H3,(H,29,32)/b31-23-. The Kier molecular flexibility index (Phi) is 6.68. The average molecular weight is 444 g/mol. The SMILES string of the molecule is CCCCc1ccc(NC(=O)c2oc3c(c2C)/C(=N\Nc2ccccc2)CC(C)(C)C3)cc1. The minimum absolute atomic E-state index is 0.00341. The summed E-state index contributed by atoms with van der Waals surface area (Å²) in [5.74, 6) is 0.967. The van der Waals surface area contributed by atoms with Crippen molar-refractivity contribution in [2.45, 2.75) is 59.8 Å². The first-order chi connectivity index (χ1) is 15.9. The fourth-order valence-electron chi connectivity index (χ4n) is 4.39. The molecule has 5 heteroatoms. The second-order valence-corrected chi connectivity index (χ2v) is 9.66. The normalized spacial score (nSPS) is 15.8. The summed E-state index contributed by atoms with van der Waals surface area (Å²) >= 11 is 0. The molecule has 0 bridgehead atoms. The van der Waals surface area contributed by atoms with Crippen LogP contribution in [0.1, 0.15) is 73.0 Å². The second-order valence-electron chi connectivity index (χ2n) is 9.66. The molecule has 1 aromatic heterocycles. The molecule has 5 nitrogen and oxygen atoms in total. The number of carbonyl (C=O) groups is 1. The lowest BCUT2D eigenvalue weighted by Gasteiger charge is -2.29. The van der Waals surface area contributed by atoms with E-state index in [9.17, 15) is 4.79 Å². The van der Waals surface area contributed by atoms with Crippen LogP contribution in [0.3, 0.4) is 0 Å². The average Bonchev–Trinajstić information content (AvgIpc) is 3.12. The van der Waals surface area contributed by atoms with Crippen LogP contribution in [0.15, 0.2) is 64.1 Å². The van der Waals surface area contributed by atoms with Crippen molar-refractivity contribution in [3.63, 3.8) is 0 Å². The summed E-state index contributed by atoms with van der Waals surface area (Å²) in [5.41, 5.74) is 8.86. The Labute approximate surface area is 196 Å². The number of benzene rings is 2. The Hall–Kier alpha value is -3.34. The zero-order chi connectivity index (χ0) is 23.4. The second kappa shape index (κ2) is 9.65. The molecule has 0 unspecified atom stereocenters. The van der Waals surface area contributed by atoms with E-state index in [-0.39, 0.29) is 11.3 Å². The molecule has 0 spiro atoms. The molecule has 0 saturated heterocycles. The highest BCUT2D eigenvalue weighted by Crippen LogP contribution is 2.39. The van der Waals surface area contributed by atoms with Gasteiger partial charge in [0.1, 0.15) is 5.76 Å². The lowest BCUT2D eigenvalue weighted by molar-refractivity contribution is 0.0993. The van der Waals surface area contributed by atoms with Crippen molar-refractivity contribution in [1.82, 2.24) is 0 Å². The molecule has 33 heavy (non-hydrogen) atoms. The first-order valence-electron chi connectivity index (χ1n) is 11.8. The molecule has 0 atom stereocenters. The van der Waals surface area contributed by atoms with E-state index in [4.69, 9.17) is 9.52 Å². The molecule has 0 fully saturated rings. The number of aryl methyl sites for hydroxylation is 1. The van der Waals surface area contributed by atoms with Gasteiger partial charge in [-0.2, -0.15) is 5.10 Å². The van der Waals surface area contributed by atoms with Gasteiger partial charge in [0.15, 0.2) is 5.76 Å². The van der Waals surface area contributed by atoms with Crippen LogP contribution in [0.4, 0.5) is 11.4 Å². The Bertz CT molecular complexity index is 1140. The van der Waals surface area contributed by atoms with Gasteiger partial charge in [0, 0.05) is 23.2 Å². The monoisotopic (exact) mass is 443 g/mol. The van der Waals surface area contributed by atoms with Crippen LogP contribution in [-0.4, -0.2) is 11.6 Å². The third-order valence-corrected chi connectivity index (χ3v) is 6.12. The van der Waals surface area contributed by atoms with E-state index >= 15 is 0 Å². The Morgan fingerprint density at radius 3 is 2.45 bits per heavy atom. The molecular weight excluding hydrogens is 410 g/mol. The number of anilines is 2. The van der Waals surface area contributed by atoms with Crippen molar-refractivity contribution in [3.05, 3.63) is 82.8 Å². The number of unbranched alkanes of at least 4 members (excludes halogenated alkanes) is 1. The molecule has 1 amide bonds. The van der Waals surface area contributed by atoms with Crippen molar-refractivity contribution >= 4 is 23.0 Å². The predicted octanol–water partition coefficient (Wildman–Crippen LogP) is 6.97. The maximum atomic E-state index is 13.1. The van der Waals surface area contributed by atoms with Crippen molar-refractivity contribution in [2.24, 2.45) is 10.5 Å². The maximum Gasteiger partial charge on any atom is 0.291 e. The summed E-state index contributed by atoms with van der Waals surface area (Å²) in [4.78, 5) is 13.1. The largest absolute Gasteiger partial charge is 0.455 e. The third kappa shape index (κ3) is 5.36. The van der Waals surface area contributed by atoms with Gasteiger partial charge in [-0.05, 0) is 61.4 Å². The number of hydrogen-bond acceptors (Lipinski definition) is 4. The molecule has 0 saturated carbocycles. The number of hydrogen-bond donors (Lipinski definition) is 2. The van der Waals surface area contributed by atoms with Gasteiger partial charge in [0.25, 0.3) is 5.91 Å². The van der Waals surface area contributed by atoms with Gasteiger partial charge in [0.2, 0.25) is 0 Å². The van der Waals surface area contributed by atoms with Crippen LogP contribution in [-0.2, 0) is 12.8 Å². The van der Waals surface area contributed by atoms with Crippen LogP contribution < -0.4 is 10.7 Å². The molecule has 2 aromatic carbocycles. The first-order valence-corrected chi connectivity index (χ1v) is 11.8. The first kappa shape index (κ1) is 22.8. The highest BCUT2D eigenvalue weighted by Gasteiger charge is 2.36. The quantitative estimate of drug-likeness (QED) is 0.387. The topological polar surface area (TPSA) is 66.6 Å². The van der Waals surface area contributed by atoms with Crippen molar-refractivity contribution in [2.75, 3.05) is 10.7 Å². The van der Waals surface area contributed by atoms with Crippen LogP contribution in [0.2, 0.25) is 0 Å².